The molecule has 2 aliphatic heterocycles. The van der Waals surface area contributed by atoms with Crippen LogP contribution in [-0.4, -0.2) is 53.2 Å². The van der Waals surface area contributed by atoms with Crippen molar-refractivity contribution in [2.24, 2.45) is 12.0 Å². The third-order valence-electron chi connectivity index (χ3n) is 5.66. The molecule has 2 N–H and O–H groups in total. The van der Waals surface area contributed by atoms with Gasteiger partial charge in [-0.05, 0) is 43.4 Å². The maximum absolute atomic E-state index is 11.5. The molecule has 0 saturated carbocycles. The molecular formula is C23H30N4O5. The van der Waals surface area contributed by atoms with Gasteiger partial charge in [0.2, 0.25) is 12.7 Å². The molecule has 32 heavy (non-hydrogen) atoms. The van der Waals surface area contributed by atoms with Gasteiger partial charge in [-0.15, -0.1) is 0 Å². The molecular weight excluding hydrogens is 412 g/mol. The average Bonchev–Trinajstić information content (AvgIpc) is 3.39. The monoisotopic (exact) mass is 442 g/mol. The molecule has 0 radical (unpaired) electrons. The topological polar surface area (TPSA) is 107 Å². The molecule has 3 heterocycles. The third-order valence-corrected chi connectivity index (χ3v) is 5.66. The number of fused-ring (bicyclic) bond motifs is 1. The van der Waals surface area contributed by atoms with Crippen LogP contribution < -0.4 is 19.5 Å². The normalized spacial score (nSPS) is 15.8. The summed E-state index contributed by atoms with van der Waals surface area (Å²) in [5.41, 5.74) is 1.68. The van der Waals surface area contributed by atoms with E-state index in [2.05, 4.69) is 15.4 Å². The van der Waals surface area contributed by atoms with Gasteiger partial charge in [-0.3, -0.25) is 9.79 Å². The molecule has 4 rings (SSSR count). The van der Waals surface area contributed by atoms with E-state index in [9.17, 15) is 9.90 Å². The summed E-state index contributed by atoms with van der Waals surface area (Å²) in [6, 6.07) is 7.47. The van der Waals surface area contributed by atoms with Gasteiger partial charge in [0.05, 0.1) is 24.6 Å². The van der Waals surface area contributed by atoms with Gasteiger partial charge in [0.1, 0.15) is 0 Å². The lowest BCUT2D eigenvalue weighted by Gasteiger charge is -2.14. The van der Waals surface area contributed by atoms with Crippen LogP contribution in [0.1, 0.15) is 49.3 Å². The summed E-state index contributed by atoms with van der Waals surface area (Å²) in [4.78, 5) is 16.0. The summed E-state index contributed by atoms with van der Waals surface area (Å²) in [7, 11) is 1.83. The molecule has 2 aromatic rings. The number of aromatic nitrogens is 2. The Balaban J connectivity index is 1.32. The number of carbonyl (C=O) groups is 1. The first-order valence-electron chi connectivity index (χ1n) is 11.1. The van der Waals surface area contributed by atoms with E-state index in [1.807, 2.05) is 31.3 Å². The van der Waals surface area contributed by atoms with Gasteiger partial charge in [-0.1, -0.05) is 6.07 Å². The van der Waals surface area contributed by atoms with Crippen LogP contribution in [0.2, 0.25) is 0 Å². The van der Waals surface area contributed by atoms with Crippen LogP contribution in [0.25, 0.3) is 0 Å². The fourth-order valence-corrected chi connectivity index (χ4v) is 4.00. The Morgan fingerprint density at radius 2 is 2.16 bits per heavy atom. The highest BCUT2D eigenvalue weighted by molar-refractivity contribution is 5.82. The fourth-order valence-electron chi connectivity index (χ4n) is 4.00. The van der Waals surface area contributed by atoms with Crippen LogP contribution in [0.3, 0.4) is 0 Å². The first-order chi connectivity index (χ1) is 15.6. The lowest BCUT2D eigenvalue weighted by Crippen LogP contribution is -2.27. The number of aliphatic carboxylic acids is 1. The number of nitrogens with one attached hydrogen (secondary N) is 1. The maximum Gasteiger partial charge on any atom is 0.303 e. The number of hydrogen-bond donors (Lipinski definition) is 2. The van der Waals surface area contributed by atoms with Crippen LogP contribution >= 0.6 is 0 Å². The highest BCUT2D eigenvalue weighted by Gasteiger charge is 2.22. The van der Waals surface area contributed by atoms with Crippen molar-refractivity contribution >= 4 is 11.8 Å². The van der Waals surface area contributed by atoms with Crippen molar-refractivity contribution in [3.05, 3.63) is 35.5 Å². The molecule has 1 aromatic heterocycles. The molecule has 172 valence electrons. The number of rotatable bonds is 10. The van der Waals surface area contributed by atoms with Crippen LogP contribution in [0.5, 0.6) is 17.4 Å². The maximum atomic E-state index is 11.5. The Kier molecular flexibility index (Phi) is 7.14. The van der Waals surface area contributed by atoms with Gasteiger partial charge in [0.15, 0.2) is 11.5 Å². The fraction of sp³-hybridized carbons (Fsp3) is 0.522. The molecule has 0 fully saturated rings. The Hall–Kier alpha value is -3.23. The van der Waals surface area contributed by atoms with Crippen molar-refractivity contribution in [2.45, 2.75) is 44.4 Å². The lowest BCUT2D eigenvalue weighted by molar-refractivity contribution is -0.137. The van der Waals surface area contributed by atoms with Gasteiger partial charge >= 0.3 is 5.97 Å². The third kappa shape index (κ3) is 5.72. The van der Waals surface area contributed by atoms with Crippen LogP contribution in [0.4, 0.5) is 0 Å². The number of hydrogen-bond acceptors (Lipinski definition) is 7. The van der Waals surface area contributed by atoms with E-state index in [1.165, 1.54) is 12.8 Å². The molecule has 1 atom stereocenters. The van der Waals surface area contributed by atoms with E-state index in [0.29, 0.717) is 30.4 Å². The van der Waals surface area contributed by atoms with Crippen LogP contribution in [0.15, 0.2) is 29.3 Å². The minimum atomic E-state index is -0.852. The molecule has 0 bridgehead atoms. The van der Waals surface area contributed by atoms with Crippen molar-refractivity contribution in [3.63, 3.8) is 0 Å². The molecule has 0 aliphatic carbocycles. The summed E-state index contributed by atoms with van der Waals surface area (Å²) in [6.45, 7) is 2.51. The minimum absolute atomic E-state index is 0.00195. The molecule has 1 unspecified atom stereocenters. The lowest BCUT2D eigenvalue weighted by atomic mass is 9.91. The molecule has 0 saturated heterocycles. The standard InChI is InChI=1S/C23H30N4O5/c1-27-22(30-10-4-9-25-21-5-2-3-8-24-21)14-18(26-27)11-17(13-23(28)29)16-6-7-19-20(12-16)32-15-31-19/h6-7,12,14,17H,2-5,8-11,13,15H2,1H3,(H,24,25)(H,28,29). The summed E-state index contributed by atoms with van der Waals surface area (Å²) in [6.07, 6.45) is 4.77. The SMILES string of the molecule is Cn1nc(CC(CC(=O)O)c2ccc3c(c2)OCO3)cc1OCCCNC1=NCCCC1. The van der Waals surface area contributed by atoms with E-state index in [-0.39, 0.29) is 19.1 Å². The highest BCUT2D eigenvalue weighted by Crippen LogP contribution is 2.36. The smallest absolute Gasteiger partial charge is 0.303 e. The number of carboxylic acids is 1. The van der Waals surface area contributed by atoms with Gasteiger partial charge in [0.25, 0.3) is 0 Å². The van der Waals surface area contributed by atoms with Gasteiger partial charge in [-0.25, -0.2) is 4.68 Å². The van der Waals surface area contributed by atoms with Gasteiger partial charge in [-0.2, -0.15) is 5.10 Å². The molecule has 0 spiro atoms. The summed E-state index contributed by atoms with van der Waals surface area (Å²) >= 11 is 0. The first-order valence-corrected chi connectivity index (χ1v) is 11.1. The molecule has 9 heteroatoms. The van der Waals surface area contributed by atoms with Crippen LogP contribution in [-0.2, 0) is 18.3 Å². The Morgan fingerprint density at radius 3 is 2.97 bits per heavy atom. The number of aliphatic imine (C=N–C) groups is 1. The molecule has 2 aliphatic rings. The predicted octanol–water partition coefficient (Wildman–Crippen LogP) is 2.89. The zero-order valence-electron chi connectivity index (χ0n) is 18.4. The zero-order valence-corrected chi connectivity index (χ0v) is 18.4. The van der Waals surface area contributed by atoms with Gasteiger partial charge < -0.3 is 24.6 Å². The quantitative estimate of drug-likeness (QED) is 0.545. The van der Waals surface area contributed by atoms with Crippen molar-refractivity contribution in [1.29, 1.82) is 0 Å². The molecule has 0 amide bonds. The summed E-state index contributed by atoms with van der Waals surface area (Å²) < 4.78 is 18.4. The van der Waals surface area contributed by atoms with E-state index >= 15 is 0 Å². The molecule has 9 nitrogen and oxygen atoms in total. The number of aryl methyl sites for hydroxylation is 1. The van der Waals surface area contributed by atoms with Crippen molar-refractivity contribution < 1.29 is 24.1 Å². The number of carboxylic acid groups (broad SMARTS) is 1. The summed E-state index contributed by atoms with van der Waals surface area (Å²) in [5.74, 6) is 2.03. The van der Waals surface area contributed by atoms with E-state index in [0.717, 1.165) is 43.0 Å². The second-order valence-corrected chi connectivity index (χ2v) is 8.12. The second kappa shape index (κ2) is 10.4. The van der Waals surface area contributed by atoms with Crippen LogP contribution in [0, 0.1) is 0 Å². The Morgan fingerprint density at radius 1 is 1.28 bits per heavy atom. The minimum Gasteiger partial charge on any atom is -0.481 e. The van der Waals surface area contributed by atoms with E-state index in [4.69, 9.17) is 14.2 Å². The second-order valence-electron chi connectivity index (χ2n) is 8.12. The Labute approximate surface area is 187 Å². The van der Waals surface area contributed by atoms with Crippen molar-refractivity contribution in [1.82, 2.24) is 15.1 Å². The van der Waals surface area contributed by atoms with Gasteiger partial charge in [0, 0.05) is 38.5 Å². The van der Waals surface area contributed by atoms with Crippen molar-refractivity contribution in [2.75, 3.05) is 26.5 Å². The van der Waals surface area contributed by atoms with Crippen molar-refractivity contribution in [3.8, 4) is 17.4 Å². The molecule has 1 aromatic carbocycles. The average molecular weight is 443 g/mol. The summed E-state index contributed by atoms with van der Waals surface area (Å²) in [5, 5.41) is 17.3. The largest absolute Gasteiger partial charge is 0.481 e. The Bertz CT molecular complexity index is 971. The highest BCUT2D eigenvalue weighted by atomic mass is 16.7. The number of benzene rings is 1. The number of ether oxygens (including phenoxy) is 3. The zero-order chi connectivity index (χ0) is 22.3. The first kappa shape index (κ1) is 22.0. The number of nitrogens with zero attached hydrogens (tertiary/aromatic N) is 3. The van der Waals surface area contributed by atoms with E-state index < -0.39 is 5.97 Å². The van der Waals surface area contributed by atoms with E-state index in [1.54, 1.807) is 4.68 Å². The number of amidine groups is 1. The predicted molar refractivity (Wildman–Crippen MR) is 119 cm³/mol.